The van der Waals surface area contributed by atoms with Gasteiger partial charge in [-0.3, -0.25) is 0 Å². The Kier molecular flexibility index (Phi) is 6.25. The minimum absolute atomic E-state index is 0.452. The highest BCUT2D eigenvalue weighted by Crippen LogP contribution is 2.25. The first kappa shape index (κ1) is 16.5. The summed E-state index contributed by atoms with van der Waals surface area (Å²) in [4.78, 5) is 2.54. The van der Waals surface area contributed by atoms with Crippen LogP contribution in [-0.4, -0.2) is 31.1 Å². The Hall–Kier alpha value is -0.860. The predicted molar refractivity (Wildman–Crippen MR) is 91.7 cm³/mol. The lowest BCUT2D eigenvalue weighted by molar-refractivity contribution is 0.145. The van der Waals surface area contributed by atoms with E-state index in [4.69, 9.17) is 0 Å². The minimum Gasteiger partial charge on any atom is -0.309 e. The Balaban J connectivity index is 1.99. The third-order valence-electron chi connectivity index (χ3n) is 4.65. The maximum atomic E-state index is 3.65. The summed E-state index contributed by atoms with van der Waals surface area (Å²) in [6, 6.07) is 10.5. The van der Waals surface area contributed by atoms with Gasteiger partial charge in [0.1, 0.15) is 0 Å². The molecule has 0 bridgehead atoms. The molecule has 118 valence electrons. The van der Waals surface area contributed by atoms with Gasteiger partial charge >= 0.3 is 0 Å². The average molecular weight is 288 g/mol. The van der Waals surface area contributed by atoms with Gasteiger partial charge < -0.3 is 10.2 Å². The number of hydrogen-bond donors (Lipinski definition) is 1. The molecule has 1 aliphatic carbocycles. The van der Waals surface area contributed by atoms with Crippen molar-refractivity contribution in [1.82, 2.24) is 10.2 Å². The van der Waals surface area contributed by atoms with E-state index < -0.39 is 0 Å². The topological polar surface area (TPSA) is 15.3 Å². The second kappa shape index (κ2) is 7.95. The summed E-state index contributed by atoms with van der Waals surface area (Å²) in [6.07, 6.45) is 5.34. The van der Waals surface area contributed by atoms with Crippen LogP contribution in [0.1, 0.15) is 57.2 Å². The molecule has 1 aliphatic rings. The van der Waals surface area contributed by atoms with Gasteiger partial charge in [0.15, 0.2) is 0 Å². The van der Waals surface area contributed by atoms with Crippen molar-refractivity contribution >= 4 is 0 Å². The van der Waals surface area contributed by atoms with Crippen molar-refractivity contribution in [2.75, 3.05) is 20.1 Å². The first-order chi connectivity index (χ1) is 10.1. The van der Waals surface area contributed by atoms with E-state index in [0.717, 1.165) is 25.0 Å². The normalized spacial score (nSPS) is 17.2. The molecule has 1 aromatic rings. The number of benzene rings is 1. The fourth-order valence-electron chi connectivity index (χ4n) is 3.16. The van der Waals surface area contributed by atoms with Crippen molar-refractivity contribution in [2.24, 2.45) is 5.92 Å². The van der Waals surface area contributed by atoms with E-state index in [1.807, 2.05) is 0 Å². The van der Waals surface area contributed by atoms with Crippen LogP contribution in [0.3, 0.4) is 0 Å². The van der Waals surface area contributed by atoms with Crippen LogP contribution in [0.5, 0.6) is 0 Å². The van der Waals surface area contributed by atoms with E-state index >= 15 is 0 Å². The van der Waals surface area contributed by atoms with Gasteiger partial charge in [0, 0.05) is 18.6 Å². The molecule has 0 saturated heterocycles. The highest BCUT2D eigenvalue weighted by Gasteiger charge is 2.24. The van der Waals surface area contributed by atoms with Crippen molar-refractivity contribution in [3.63, 3.8) is 0 Å². The Labute approximate surface area is 130 Å². The highest BCUT2D eigenvalue weighted by atomic mass is 15.2. The van der Waals surface area contributed by atoms with E-state index in [2.05, 4.69) is 62.3 Å². The predicted octanol–water partition coefficient (Wildman–Crippen LogP) is 4.02. The lowest BCUT2D eigenvalue weighted by atomic mass is 9.91. The van der Waals surface area contributed by atoms with Crippen LogP contribution in [-0.2, 0) is 6.42 Å². The zero-order valence-electron chi connectivity index (χ0n) is 14.2. The fourth-order valence-corrected chi connectivity index (χ4v) is 3.16. The maximum Gasteiger partial charge on any atom is 0.0449 e. The summed E-state index contributed by atoms with van der Waals surface area (Å²) in [5.74, 6) is 0.727. The molecular formula is C19H32N2. The Morgan fingerprint density at radius 3 is 2.33 bits per heavy atom. The third kappa shape index (κ3) is 4.82. The van der Waals surface area contributed by atoms with E-state index in [9.17, 15) is 0 Å². The first-order valence-electron chi connectivity index (χ1n) is 8.62. The van der Waals surface area contributed by atoms with E-state index in [1.54, 1.807) is 0 Å². The largest absolute Gasteiger partial charge is 0.309 e. The van der Waals surface area contributed by atoms with Crippen LogP contribution in [0.4, 0.5) is 0 Å². The van der Waals surface area contributed by atoms with Gasteiger partial charge in [-0.05, 0) is 49.9 Å². The van der Waals surface area contributed by atoms with Crippen LogP contribution < -0.4 is 5.32 Å². The number of nitrogens with one attached hydrogen (secondary N) is 1. The standard InChI is InChI=1S/C19H32N2/c1-5-20-19(14-21(4)18-7-6-8-18)17-11-9-16(10-12-17)13-15(2)3/h9-12,15,18-20H,5-8,13-14H2,1-4H3. The number of rotatable bonds is 8. The fraction of sp³-hybridized carbons (Fsp3) is 0.684. The average Bonchev–Trinajstić information content (AvgIpc) is 2.36. The van der Waals surface area contributed by atoms with Crippen LogP contribution >= 0.6 is 0 Å². The van der Waals surface area contributed by atoms with Crippen LogP contribution in [0.15, 0.2) is 24.3 Å². The molecule has 0 radical (unpaired) electrons. The highest BCUT2D eigenvalue weighted by molar-refractivity contribution is 5.25. The molecule has 2 heteroatoms. The number of likely N-dealkylation sites (N-methyl/N-ethyl adjacent to an activating group) is 2. The number of hydrogen-bond acceptors (Lipinski definition) is 2. The molecular weight excluding hydrogens is 256 g/mol. The second-order valence-corrected chi connectivity index (χ2v) is 6.97. The van der Waals surface area contributed by atoms with Gasteiger partial charge in [-0.2, -0.15) is 0 Å². The molecule has 0 aliphatic heterocycles. The molecule has 21 heavy (non-hydrogen) atoms. The van der Waals surface area contributed by atoms with E-state index in [0.29, 0.717) is 6.04 Å². The molecule has 0 aromatic heterocycles. The van der Waals surface area contributed by atoms with Crippen molar-refractivity contribution in [2.45, 2.75) is 58.5 Å². The van der Waals surface area contributed by atoms with Gasteiger partial charge in [0.05, 0.1) is 0 Å². The molecule has 1 atom stereocenters. The van der Waals surface area contributed by atoms with Crippen LogP contribution in [0.2, 0.25) is 0 Å². The van der Waals surface area contributed by atoms with E-state index in [-0.39, 0.29) is 0 Å². The summed E-state index contributed by atoms with van der Waals surface area (Å²) in [5, 5.41) is 3.65. The summed E-state index contributed by atoms with van der Waals surface area (Å²) < 4.78 is 0. The van der Waals surface area contributed by atoms with Gasteiger partial charge in [-0.25, -0.2) is 0 Å². The van der Waals surface area contributed by atoms with Crippen molar-refractivity contribution < 1.29 is 0 Å². The SMILES string of the molecule is CCNC(CN(C)C1CCC1)c1ccc(CC(C)C)cc1. The van der Waals surface area contributed by atoms with Crippen molar-refractivity contribution in [1.29, 1.82) is 0 Å². The minimum atomic E-state index is 0.452. The Bertz CT molecular complexity index is 406. The van der Waals surface area contributed by atoms with Crippen LogP contribution in [0.25, 0.3) is 0 Å². The van der Waals surface area contributed by atoms with Gasteiger partial charge in [0.2, 0.25) is 0 Å². The quantitative estimate of drug-likeness (QED) is 0.777. The smallest absolute Gasteiger partial charge is 0.0449 e. The second-order valence-electron chi connectivity index (χ2n) is 6.97. The van der Waals surface area contributed by atoms with Gasteiger partial charge in [-0.1, -0.05) is 51.5 Å². The van der Waals surface area contributed by atoms with Crippen LogP contribution in [0, 0.1) is 5.92 Å². The third-order valence-corrected chi connectivity index (χ3v) is 4.65. The molecule has 1 aromatic carbocycles. The maximum absolute atomic E-state index is 3.65. The molecule has 1 fully saturated rings. The molecule has 1 saturated carbocycles. The Morgan fingerprint density at radius 2 is 1.86 bits per heavy atom. The Morgan fingerprint density at radius 1 is 1.19 bits per heavy atom. The molecule has 0 spiro atoms. The molecule has 1 unspecified atom stereocenters. The van der Waals surface area contributed by atoms with Gasteiger partial charge in [0.25, 0.3) is 0 Å². The first-order valence-corrected chi connectivity index (χ1v) is 8.62. The molecule has 2 rings (SSSR count). The molecule has 1 N–H and O–H groups in total. The zero-order chi connectivity index (χ0) is 15.2. The van der Waals surface area contributed by atoms with E-state index in [1.165, 1.54) is 36.8 Å². The molecule has 0 amide bonds. The monoisotopic (exact) mass is 288 g/mol. The summed E-state index contributed by atoms with van der Waals surface area (Å²) >= 11 is 0. The summed E-state index contributed by atoms with van der Waals surface area (Å²) in [6.45, 7) is 8.90. The lowest BCUT2D eigenvalue weighted by Crippen LogP contribution is -2.42. The zero-order valence-corrected chi connectivity index (χ0v) is 14.2. The van der Waals surface area contributed by atoms with Gasteiger partial charge in [-0.15, -0.1) is 0 Å². The number of nitrogens with zero attached hydrogens (tertiary/aromatic N) is 1. The van der Waals surface area contributed by atoms with Crippen molar-refractivity contribution in [3.8, 4) is 0 Å². The lowest BCUT2D eigenvalue weighted by Gasteiger charge is -2.37. The summed E-state index contributed by atoms with van der Waals surface area (Å²) in [5.41, 5.74) is 2.88. The molecule has 0 heterocycles. The summed E-state index contributed by atoms with van der Waals surface area (Å²) in [7, 11) is 2.28. The molecule has 2 nitrogen and oxygen atoms in total. The van der Waals surface area contributed by atoms with Crippen molar-refractivity contribution in [3.05, 3.63) is 35.4 Å².